The molecule has 4 heteroatoms. The predicted octanol–water partition coefficient (Wildman–Crippen LogP) is 1.21. The first kappa shape index (κ1) is 13.9. The lowest BCUT2D eigenvalue weighted by Gasteiger charge is -2.31. The molecular weight excluding hydrogens is 240 g/mol. The van der Waals surface area contributed by atoms with Crippen molar-refractivity contribution in [3.05, 3.63) is 29.8 Å². The van der Waals surface area contributed by atoms with Gasteiger partial charge in [0.15, 0.2) is 0 Å². The van der Waals surface area contributed by atoms with Gasteiger partial charge in [-0.2, -0.15) is 0 Å². The van der Waals surface area contributed by atoms with Crippen LogP contribution in [0, 0.1) is 11.8 Å². The van der Waals surface area contributed by atoms with Crippen LogP contribution in [0.5, 0.6) is 5.75 Å². The molecule has 19 heavy (non-hydrogen) atoms. The van der Waals surface area contributed by atoms with Gasteiger partial charge in [-0.05, 0) is 37.1 Å². The van der Waals surface area contributed by atoms with Crippen molar-refractivity contribution in [2.75, 3.05) is 26.7 Å². The highest BCUT2D eigenvalue weighted by Gasteiger charge is 2.28. The Balaban J connectivity index is 1.78. The molecule has 1 aromatic carbocycles. The first-order chi connectivity index (χ1) is 9.22. The molecule has 1 aliphatic heterocycles. The van der Waals surface area contributed by atoms with E-state index >= 15 is 0 Å². The number of para-hydroxylation sites is 1. The molecule has 1 amide bonds. The van der Waals surface area contributed by atoms with Crippen LogP contribution in [0.1, 0.15) is 12.5 Å². The van der Waals surface area contributed by atoms with Gasteiger partial charge in [-0.3, -0.25) is 4.79 Å². The predicted molar refractivity (Wildman–Crippen MR) is 75.2 cm³/mol. The van der Waals surface area contributed by atoms with Gasteiger partial charge in [-0.25, -0.2) is 0 Å². The quantitative estimate of drug-likeness (QED) is 0.810. The molecule has 2 rings (SSSR count). The molecule has 0 spiro atoms. The van der Waals surface area contributed by atoms with Crippen molar-refractivity contribution in [1.82, 2.24) is 10.6 Å². The first-order valence-electron chi connectivity index (χ1n) is 6.82. The van der Waals surface area contributed by atoms with Crippen molar-refractivity contribution in [1.29, 1.82) is 0 Å². The smallest absolute Gasteiger partial charge is 0.223 e. The summed E-state index contributed by atoms with van der Waals surface area (Å²) in [6.45, 7) is 4.58. The Morgan fingerprint density at radius 3 is 2.84 bits per heavy atom. The maximum absolute atomic E-state index is 12.0. The summed E-state index contributed by atoms with van der Waals surface area (Å²) < 4.78 is 5.29. The zero-order valence-corrected chi connectivity index (χ0v) is 11.6. The largest absolute Gasteiger partial charge is 0.496 e. The molecule has 1 fully saturated rings. The number of hydrogen-bond acceptors (Lipinski definition) is 3. The highest BCUT2D eigenvalue weighted by atomic mass is 16.5. The van der Waals surface area contributed by atoms with Crippen molar-refractivity contribution >= 4 is 5.91 Å². The summed E-state index contributed by atoms with van der Waals surface area (Å²) in [6, 6.07) is 7.92. The maximum Gasteiger partial charge on any atom is 0.223 e. The fourth-order valence-electron chi connectivity index (χ4n) is 2.27. The molecule has 0 radical (unpaired) electrons. The van der Waals surface area contributed by atoms with Gasteiger partial charge in [0.2, 0.25) is 5.91 Å². The van der Waals surface area contributed by atoms with Crippen molar-refractivity contribution < 1.29 is 9.53 Å². The van der Waals surface area contributed by atoms with E-state index < -0.39 is 0 Å². The summed E-state index contributed by atoms with van der Waals surface area (Å²) in [6.07, 6.45) is 0.797. The van der Waals surface area contributed by atoms with E-state index in [-0.39, 0.29) is 11.8 Å². The second-order valence-corrected chi connectivity index (χ2v) is 5.06. The monoisotopic (exact) mass is 262 g/mol. The Kier molecular flexibility index (Phi) is 4.80. The second-order valence-electron chi connectivity index (χ2n) is 5.06. The standard InChI is InChI=1S/C15H22N2O2/c1-11(13-9-16-10-13)15(18)17-8-7-12-5-3-4-6-14(12)19-2/h3-6,11,13,16H,7-10H2,1-2H3,(H,17,18). The molecule has 0 bridgehead atoms. The van der Waals surface area contributed by atoms with Gasteiger partial charge in [0.1, 0.15) is 5.75 Å². The molecule has 1 saturated heterocycles. The summed E-state index contributed by atoms with van der Waals surface area (Å²) >= 11 is 0. The molecule has 1 unspecified atom stereocenters. The summed E-state index contributed by atoms with van der Waals surface area (Å²) in [5, 5.41) is 6.21. The number of ether oxygens (including phenoxy) is 1. The topological polar surface area (TPSA) is 50.4 Å². The number of carbonyl (C=O) groups excluding carboxylic acids is 1. The van der Waals surface area contributed by atoms with E-state index in [0.29, 0.717) is 12.5 Å². The maximum atomic E-state index is 12.0. The van der Waals surface area contributed by atoms with Gasteiger partial charge >= 0.3 is 0 Å². The first-order valence-corrected chi connectivity index (χ1v) is 6.82. The Labute approximate surface area is 114 Å². The van der Waals surface area contributed by atoms with Crippen LogP contribution in [0.15, 0.2) is 24.3 Å². The van der Waals surface area contributed by atoms with Crippen LogP contribution in [0.25, 0.3) is 0 Å². The SMILES string of the molecule is COc1ccccc1CCNC(=O)C(C)C1CNC1. The van der Waals surface area contributed by atoms with E-state index in [2.05, 4.69) is 10.6 Å². The van der Waals surface area contributed by atoms with Crippen LogP contribution in [-0.4, -0.2) is 32.7 Å². The van der Waals surface area contributed by atoms with Crippen molar-refractivity contribution in [3.8, 4) is 5.75 Å². The van der Waals surface area contributed by atoms with E-state index in [9.17, 15) is 4.79 Å². The fraction of sp³-hybridized carbons (Fsp3) is 0.533. The van der Waals surface area contributed by atoms with Crippen LogP contribution in [-0.2, 0) is 11.2 Å². The van der Waals surface area contributed by atoms with Crippen molar-refractivity contribution in [2.45, 2.75) is 13.3 Å². The fourth-order valence-corrected chi connectivity index (χ4v) is 2.27. The normalized spacial score (nSPS) is 16.5. The second kappa shape index (κ2) is 6.57. The van der Waals surface area contributed by atoms with E-state index in [0.717, 1.165) is 30.8 Å². The average molecular weight is 262 g/mol. The van der Waals surface area contributed by atoms with E-state index in [1.165, 1.54) is 0 Å². The Hall–Kier alpha value is -1.55. The Bertz CT molecular complexity index is 430. The number of nitrogens with one attached hydrogen (secondary N) is 2. The van der Waals surface area contributed by atoms with Crippen molar-refractivity contribution in [2.24, 2.45) is 11.8 Å². The molecule has 0 aromatic heterocycles. The van der Waals surface area contributed by atoms with Crippen molar-refractivity contribution in [3.63, 3.8) is 0 Å². The number of rotatable bonds is 6. The molecule has 1 atom stereocenters. The van der Waals surface area contributed by atoms with Crippen LogP contribution in [0.2, 0.25) is 0 Å². The molecule has 104 valence electrons. The number of amides is 1. The molecule has 1 heterocycles. The average Bonchev–Trinajstić information content (AvgIpc) is 2.37. The van der Waals surface area contributed by atoms with Gasteiger partial charge in [-0.15, -0.1) is 0 Å². The lowest BCUT2D eigenvalue weighted by atomic mass is 9.88. The van der Waals surface area contributed by atoms with E-state index in [1.54, 1.807) is 7.11 Å². The van der Waals surface area contributed by atoms with Crippen LogP contribution in [0.4, 0.5) is 0 Å². The molecule has 0 saturated carbocycles. The Morgan fingerprint density at radius 2 is 2.21 bits per heavy atom. The number of benzene rings is 1. The molecular formula is C15H22N2O2. The third-order valence-corrected chi connectivity index (χ3v) is 3.82. The van der Waals surface area contributed by atoms with Gasteiger partial charge in [0, 0.05) is 12.5 Å². The van der Waals surface area contributed by atoms with Crippen LogP contribution >= 0.6 is 0 Å². The third kappa shape index (κ3) is 3.47. The molecule has 1 aliphatic rings. The summed E-state index contributed by atoms with van der Waals surface area (Å²) in [5.41, 5.74) is 1.13. The highest BCUT2D eigenvalue weighted by Crippen LogP contribution is 2.18. The number of carbonyl (C=O) groups is 1. The van der Waals surface area contributed by atoms with Gasteiger partial charge < -0.3 is 15.4 Å². The lowest BCUT2D eigenvalue weighted by molar-refractivity contribution is -0.126. The minimum absolute atomic E-state index is 0.0962. The lowest BCUT2D eigenvalue weighted by Crippen LogP contribution is -2.49. The number of hydrogen-bond donors (Lipinski definition) is 2. The van der Waals surface area contributed by atoms with Crippen LogP contribution in [0.3, 0.4) is 0 Å². The van der Waals surface area contributed by atoms with Gasteiger partial charge in [-0.1, -0.05) is 25.1 Å². The summed E-state index contributed by atoms with van der Waals surface area (Å²) in [4.78, 5) is 12.0. The Morgan fingerprint density at radius 1 is 1.47 bits per heavy atom. The minimum atomic E-state index is 0.0962. The minimum Gasteiger partial charge on any atom is -0.496 e. The molecule has 4 nitrogen and oxygen atoms in total. The zero-order chi connectivity index (χ0) is 13.7. The highest BCUT2D eigenvalue weighted by molar-refractivity contribution is 5.78. The zero-order valence-electron chi connectivity index (χ0n) is 11.6. The van der Waals surface area contributed by atoms with Gasteiger partial charge in [0.05, 0.1) is 7.11 Å². The third-order valence-electron chi connectivity index (χ3n) is 3.82. The summed E-state index contributed by atoms with van der Waals surface area (Å²) in [5.74, 6) is 1.62. The van der Waals surface area contributed by atoms with E-state index in [4.69, 9.17) is 4.74 Å². The molecule has 2 N–H and O–H groups in total. The molecule has 0 aliphatic carbocycles. The van der Waals surface area contributed by atoms with Gasteiger partial charge in [0.25, 0.3) is 0 Å². The van der Waals surface area contributed by atoms with E-state index in [1.807, 2.05) is 31.2 Å². The number of methoxy groups -OCH3 is 1. The summed E-state index contributed by atoms with van der Waals surface area (Å²) in [7, 11) is 1.67. The molecule has 1 aromatic rings. The van der Waals surface area contributed by atoms with Crippen LogP contribution < -0.4 is 15.4 Å².